The zero-order chi connectivity index (χ0) is 17.2. The number of aromatic amines is 1. The van der Waals surface area contributed by atoms with Crippen molar-refractivity contribution in [3.05, 3.63) is 30.1 Å². The van der Waals surface area contributed by atoms with Crippen LogP contribution in [0.2, 0.25) is 0 Å². The molecule has 0 unspecified atom stereocenters. The smallest absolute Gasteiger partial charge is 0.232 e. The van der Waals surface area contributed by atoms with Gasteiger partial charge in [-0.1, -0.05) is 0 Å². The molecule has 24 heavy (non-hydrogen) atoms. The summed E-state index contributed by atoms with van der Waals surface area (Å²) < 4.78 is 24.6. The first-order valence-corrected chi connectivity index (χ1v) is 9.27. The summed E-state index contributed by atoms with van der Waals surface area (Å²) in [5.41, 5.74) is 1.49. The number of hydrogen-bond acceptors (Lipinski definition) is 6. The minimum atomic E-state index is -3.14. The van der Waals surface area contributed by atoms with Crippen LogP contribution in [0.3, 0.4) is 0 Å². The quantitative estimate of drug-likeness (QED) is 0.806. The molecule has 0 amide bonds. The van der Waals surface area contributed by atoms with Crippen molar-refractivity contribution in [1.82, 2.24) is 24.2 Å². The third kappa shape index (κ3) is 3.52. The normalized spacial score (nSPS) is 16.7. The summed E-state index contributed by atoms with van der Waals surface area (Å²) in [6, 6.07) is 0.0939. The van der Waals surface area contributed by atoms with Crippen LogP contribution in [0, 0.1) is 6.57 Å². The van der Waals surface area contributed by atoms with Gasteiger partial charge in [0.15, 0.2) is 0 Å². The number of piperidine rings is 1. The molecule has 0 bridgehead atoms. The van der Waals surface area contributed by atoms with Crippen LogP contribution < -0.4 is 5.32 Å². The molecule has 0 aromatic carbocycles. The highest BCUT2D eigenvalue weighted by atomic mass is 32.2. The van der Waals surface area contributed by atoms with Crippen molar-refractivity contribution in [3.8, 4) is 11.4 Å². The van der Waals surface area contributed by atoms with E-state index < -0.39 is 10.0 Å². The molecule has 0 saturated carbocycles. The van der Waals surface area contributed by atoms with Crippen LogP contribution in [-0.4, -0.2) is 58.0 Å². The maximum Gasteiger partial charge on any atom is 0.232 e. The van der Waals surface area contributed by atoms with Gasteiger partial charge in [-0.05, 0) is 12.8 Å². The Bertz CT molecular complexity index is 850. The molecule has 0 atom stereocenters. The number of nitrogens with one attached hydrogen (secondary N) is 2. The predicted octanol–water partition coefficient (Wildman–Crippen LogP) is 1.25. The summed E-state index contributed by atoms with van der Waals surface area (Å²) in [4.78, 5) is 18.9. The maximum atomic E-state index is 11.5. The number of nitrogens with zero attached hydrogens (tertiary/aromatic N) is 5. The molecule has 2 N–H and O–H groups in total. The van der Waals surface area contributed by atoms with Gasteiger partial charge in [0.05, 0.1) is 31.0 Å². The lowest BCUT2D eigenvalue weighted by molar-refractivity contribution is 0.331. The van der Waals surface area contributed by atoms with Gasteiger partial charge in [-0.15, -0.1) is 0 Å². The fourth-order valence-corrected chi connectivity index (χ4v) is 3.50. The fraction of sp³-hybridized carbons (Fsp3) is 0.429. The van der Waals surface area contributed by atoms with E-state index in [1.54, 1.807) is 6.20 Å². The Morgan fingerprint density at radius 3 is 2.71 bits per heavy atom. The number of rotatable bonds is 4. The van der Waals surface area contributed by atoms with Gasteiger partial charge in [0, 0.05) is 25.3 Å². The van der Waals surface area contributed by atoms with E-state index in [1.165, 1.54) is 23.1 Å². The molecule has 3 heterocycles. The van der Waals surface area contributed by atoms with Crippen molar-refractivity contribution in [1.29, 1.82) is 0 Å². The van der Waals surface area contributed by atoms with E-state index in [4.69, 9.17) is 6.57 Å². The molecule has 0 radical (unpaired) electrons. The van der Waals surface area contributed by atoms with Gasteiger partial charge in [-0.2, -0.15) is 0 Å². The average molecular weight is 347 g/mol. The van der Waals surface area contributed by atoms with Gasteiger partial charge >= 0.3 is 0 Å². The second-order valence-electron chi connectivity index (χ2n) is 5.59. The van der Waals surface area contributed by atoms with Gasteiger partial charge in [0.1, 0.15) is 5.69 Å². The molecule has 9 nitrogen and oxygen atoms in total. The second kappa shape index (κ2) is 6.54. The Balaban J connectivity index is 1.73. The Labute approximate surface area is 140 Å². The van der Waals surface area contributed by atoms with Crippen LogP contribution in [0.5, 0.6) is 0 Å². The van der Waals surface area contributed by atoms with Crippen molar-refractivity contribution in [2.45, 2.75) is 18.9 Å². The van der Waals surface area contributed by atoms with Gasteiger partial charge in [-0.25, -0.2) is 32.5 Å². The predicted molar refractivity (Wildman–Crippen MR) is 88.9 cm³/mol. The van der Waals surface area contributed by atoms with Gasteiger partial charge in [-0.3, -0.25) is 0 Å². The third-order valence-electron chi connectivity index (χ3n) is 3.90. The van der Waals surface area contributed by atoms with Crippen LogP contribution in [0.15, 0.2) is 18.7 Å². The number of H-pyrrole nitrogens is 1. The monoisotopic (exact) mass is 347 g/mol. The molecule has 2 aromatic rings. The van der Waals surface area contributed by atoms with Crippen molar-refractivity contribution >= 4 is 21.7 Å². The SMILES string of the molecule is [C-]#[N+]c1cnc(NC2CCN(S(C)(=O)=O)CC2)nc1-c1cnc[nH]1. The van der Waals surface area contributed by atoms with E-state index in [0.29, 0.717) is 49.0 Å². The average Bonchev–Trinajstić information content (AvgIpc) is 3.09. The molecule has 0 aliphatic carbocycles. The second-order valence-corrected chi connectivity index (χ2v) is 7.57. The van der Waals surface area contributed by atoms with E-state index in [9.17, 15) is 8.42 Å². The Morgan fingerprint density at radius 1 is 1.38 bits per heavy atom. The first-order chi connectivity index (χ1) is 11.5. The first-order valence-electron chi connectivity index (χ1n) is 7.42. The zero-order valence-corrected chi connectivity index (χ0v) is 13.9. The van der Waals surface area contributed by atoms with Gasteiger partial charge < -0.3 is 10.3 Å². The zero-order valence-electron chi connectivity index (χ0n) is 13.1. The minimum absolute atomic E-state index is 0.0939. The molecule has 3 rings (SSSR count). The molecular formula is C14H17N7O2S. The molecule has 126 valence electrons. The van der Waals surface area contributed by atoms with E-state index >= 15 is 0 Å². The van der Waals surface area contributed by atoms with Crippen LogP contribution >= 0.6 is 0 Å². The van der Waals surface area contributed by atoms with Crippen molar-refractivity contribution in [2.24, 2.45) is 0 Å². The van der Waals surface area contributed by atoms with Crippen molar-refractivity contribution in [3.63, 3.8) is 0 Å². The van der Waals surface area contributed by atoms with E-state index in [0.717, 1.165) is 0 Å². The largest absolute Gasteiger partial charge is 0.351 e. The highest BCUT2D eigenvalue weighted by Gasteiger charge is 2.25. The lowest BCUT2D eigenvalue weighted by Crippen LogP contribution is -2.42. The topological polar surface area (TPSA) is 108 Å². The van der Waals surface area contributed by atoms with Gasteiger partial charge in [0.2, 0.25) is 21.7 Å². The van der Waals surface area contributed by atoms with E-state index in [-0.39, 0.29) is 6.04 Å². The lowest BCUT2D eigenvalue weighted by Gasteiger charge is -2.30. The summed E-state index contributed by atoms with van der Waals surface area (Å²) in [5, 5.41) is 3.23. The maximum absolute atomic E-state index is 11.5. The number of anilines is 1. The minimum Gasteiger partial charge on any atom is -0.351 e. The van der Waals surface area contributed by atoms with Crippen molar-refractivity contribution in [2.75, 3.05) is 24.7 Å². The third-order valence-corrected chi connectivity index (χ3v) is 5.20. The van der Waals surface area contributed by atoms with Crippen LogP contribution in [0.25, 0.3) is 16.2 Å². The summed E-state index contributed by atoms with van der Waals surface area (Å²) in [7, 11) is -3.14. The summed E-state index contributed by atoms with van der Waals surface area (Å²) in [6.07, 6.45) is 7.19. The summed E-state index contributed by atoms with van der Waals surface area (Å²) >= 11 is 0. The standard InChI is InChI=1S/C14H17N7O2S/c1-15-11-8-17-14(20-13(11)12-7-16-9-18-12)19-10-3-5-21(6-4-10)24(2,22)23/h7-10H,3-6H2,2H3,(H,16,18)(H,17,19,20). The first kappa shape index (κ1) is 16.4. The highest BCUT2D eigenvalue weighted by molar-refractivity contribution is 7.88. The van der Waals surface area contributed by atoms with Crippen LogP contribution in [0.4, 0.5) is 11.6 Å². The Kier molecular flexibility index (Phi) is 4.46. The Hall–Kier alpha value is -2.51. The molecule has 0 spiro atoms. The Morgan fingerprint density at radius 2 is 2.12 bits per heavy atom. The van der Waals surface area contributed by atoms with E-state index in [2.05, 4.69) is 30.1 Å². The number of aromatic nitrogens is 4. The fourth-order valence-electron chi connectivity index (χ4n) is 2.62. The molecule has 1 aliphatic rings. The molecular weight excluding hydrogens is 330 g/mol. The van der Waals surface area contributed by atoms with Crippen LogP contribution in [-0.2, 0) is 10.0 Å². The molecule has 1 saturated heterocycles. The lowest BCUT2D eigenvalue weighted by atomic mass is 10.1. The molecule has 10 heteroatoms. The summed E-state index contributed by atoms with van der Waals surface area (Å²) in [6.45, 7) is 8.17. The summed E-state index contributed by atoms with van der Waals surface area (Å²) in [5.74, 6) is 0.421. The van der Waals surface area contributed by atoms with Gasteiger partial charge in [0.25, 0.3) is 0 Å². The molecule has 2 aromatic heterocycles. The molecule has 1 aliphatic heterocycles. The number of sulfonamides is 1. The van der Waals surface area contributed by atoms with Crippen LogP contribution in [0.1, 0.15) is 12.8 Å². The number of hydrogen-bond donors (Lipinski definition) is 2. The highest BCUT2D eigenvalue weighted by Crippen LogP contribution is 2.27. The van der Waals surface area contributed by atoms with E-state index in [1.807, 2.05) is 0 Å². The molecule has 1 fully saturated rings. The van der Waals surface area contributed by atoms with Crippen molar-refractivity contribution < 1.29 is 8.42 Å². The number of imidazole rings is 1.